The van der Waals surface area contributed by atoms with Gasteiger partial charge in [0.1, 0.15) is 6.10 Å². The molecule has 106 valence electrons. The zero-order valence-electron chi connectivity index (χ0n) is 12.2. The molecule has 0 atom stereocenters. The number of pyridine rings is 1. The number of ether oxygens (including phenoxy) is 1. The van der Waals surface area contributed by atoms with E-state index in [1.54, 1.807) is 0 Å². The predicted molar refractivity (Wildman–Crippen MR) is 78.5 cm³/mol. The fraction of sp³-hybridized carbons (Fsp3) is 0.688. The molecule has 0 bridgehead atoms. The smallest absolute Gasteiger partial charge is 0.213 e. The van der Waals surface area contributed by atoms with Crippen LogP contribution in [0.4, 0.5) is 0 Å². The maximum absolute atomic E-state index is 6.04. The van der Waals surface area contributed by atoms with Crippen LogP contribution in [0.15, 0.2) is 12.1 Å². The second kappa shape index (κ2) is 7.49. The molecule has 1 N–H and O–H groups in total. The molecule has 1 saturated carbocycles. The lowest BCUT2D eigenvalue weighted by Gasteiger charge is -2.17. The van der Waals surface area contributed by atoms with Crippen LogP contribution in [0.5, 0.6) is 5.88 Å². The zero-order valence-corrected chi connectivity index (χ0v) is 12.2. The van der Waals surface area contributed by atoms with Crippen LogP contribution in [0.2, 0.25) is 0 Å². The Kier molecular flexibility index (Phi) is 5.64. The van der Waals surface area contributed by atoms with E-state index >= 15 is 0 Å². The molecule has 1 fully saturated rings. The lowest BCUT2D eigenvalue weighted by atomic mass is 10.1. The van der Waals surface area contributed by atoms with E-state index in [2.05, 4.69) is 30.2 Å². The maximum Gasteiger partial charge on any atom is 0.213 e. The molecule has 1 aromatic rings. The van der Waals surface area contributed by atoms with Gasteiger partial charge in [0.2, 0.25) is 5.88 Å². The van der Waals surface area contributed by atoms with Crippen LogP contribution in [-0.4, -0.2) is 17.6 Å². The summed E-state index contributed by atoms with van der Waals surface area (Å²) in [6.07, 6.45) is 8.03. The monoisotopic (exact) mass is 262 g/mol. The number of nitrogens with zero attached hydrogens (tertiary/aromatic N) is 1. The van der Waals surface area contributed by atoms with Gasteiger partial charge >= 0.3 is 0 Å². The van der Waals surface area contributed by atoms with Gasteiger partial charge in [-0.2, -0.15) is 0 Å². The Morgan fingerprint density at radius 2 is 1.95 bits per heavy atom. The molecule has 0 aliphatic heterocycles. The minimum Gasteiger partial charge on any atom is -0.474 e. The Labute approximate surface area is 116 Å². The summed E-state index contributed by atoms with van der Waals surface area (Å²) in [4.78, 5) is 4.59. The number of rotatable bonds is 5. The van der Waals surface area contributed by atoms with Crippen LogP contribution in [0, 0.1) is 6.92 Å². The maximum atomic E-state index is 6.04. The van der Waals surface area contributed by atoms with Crippen molar-refractivity contribution in [3.05, 3.63) is 23.4 Å². The van der Waals surface area contributed by atoms with Crippen molar-refractivity contribution in [2.45, 2.75) is 65.0 Å². The average molecular weight is 262 g/mol. The highest BCUT2D eigenvalue weighted by Gasteiger charge is 2.14. The summed E-state index contributed by atoms with van der Waals surface area (Å²) < 4.78 is 6.04. The molecule has 19 heavy (non-hydrogen) atoms. The third-order valence-electron chi connectivity index (χ3n) is 3.82. The summed E-state index contributed by atoms with van der Waals surface area (Å²) >= 11 is 0. The van der Waals surface area contributed by atoms with Crippen molar-refractivity contribution in [1.29, 1.82) is 0 Å². The van der Waals surface area contributed by atoms with Gasteiger partial charge in [-0.25, -0.2) is 4.98 Å². The summed E-state index contributed by atoms with van der Waals surface area (Å²) in [5, 5.41) is 3.33. The Bertz CT molecular complexity index is 384. The highest BCUT2D eigenvalue weighted by Crippen LogP contribution is 2.22. The molecule has 0 saturated heterocycles. The van der Waals surface area contributed by atoms with Crippen LogP contribution in [0.3, 0.4) is 0 Å². The van der Waals surface area contributed by atoms with Gasteiger partial charge in [-0.1, -0.05) is 25.8 Å². The van der Waals surface area contributed by atoms with Gasteiger partial charge in [0, 0.05) is 18.3 Å². The van der Waals surface area contributed by atoms with Crippen LogP contribution in [0.1, 0.15) is 56.7 Å². The lowest BCUT2D eigenvalue weighted by Crippen LogP contribution is -2.17. The number of hydrogen-bond donors (Lipinski definition) is 1. The van der Waals surface area contributed by atoms with E-state index in [9.17, 15) is 0 Å². The first-order valence-corrected chi connectivity index (χ1v) is 7.63. The Hall–Kier alpha value is -1.09. The molecule has 0 radical (unpaired) electrons. The topological polar surface area (TPSA) is 34.1 Å². The van der Waals surface area contributed by atoms with Gasteiger partial charge < -0.3 is 10.1 Å². The lowest BCUT2D eigenvalue weighted by molar-refractivity contribution is 0.176. The van der Waals surface area contributed by atoms with Crippen molar-refractivity contribution < 1.29 is 4.74 Å². The van der Waals surface area contributed by atoms with Crippen LogP contribution < -0.4 is 10.1 Å². The summed E-state index contributed by atoms with van der Waals surface area (Å²) in [6.45, 7) is 6.05. The first-order valence-electron chi connectivity index (χ1n) is 7.63. The molecule has 0 amide bonds. The van der Waals surface area contributed by atoms with E-state index < -0.39 is 0 Å². The van der Waals surface area contributed by atoms with Crippen molar-refractivity contribution in [3.63, 3.8) is 0 Å². The third kappa shape index (κ3) is 4.50. The van der Waals surface area contributed by atoms with Gasteiger partial charge in [0.15, 0.2) is 0 Å². The first kappa shape index (κ1) is 14.3. The molecule has 1 aliphatic rings. The van der Waals surface area contributed by atoms with Gasteiger partial charge in [0.05, 0.1) is 0 Å². The highest BCUT2D eigenvalue weighted by molar-refractivity contribution is 5.25. The zero-order chi connectivity index (χ0) is 13.5. The molecule has 0 aromatic carbocycles. The second-order valence-corrected chi connectivity index (χ2v) is 5.41. The molecular formula is C16H26N2O. The number of aromatic nitrogens is 1. The molecule has 0 unspecified atom stereocenters. The summed E-state index contributed by atoms with van der Waals surface area (Å²) in [6, 6.07) is 4.15. The molecule has 1 aliphatic carbocycles. The van der Waals surface area contributed by atoms with Crippen molar-refractivity contribution in [2.75, 3.05) is 6.54 Å². The van der Waals surface area contributed by atoms with E-state index in [0.717, 1.165) is 24.7 Å². The minimum atomic E-state index is 0.369. The van der Waals surface area contributed by atoms with Gasteiger partial charge in [-0.15, -0.1) is 0 Å². The van der Waals surface area contributed by atoms with Crippen LogP contribution in [0.25, 0.3) is 0 Å². The second-order valence-electron chi connectivity index (χ2n) is 5.41. The molecule has 2 rings (SSSR count). The van der Waals surface area contributed by atoms with Gasteiger partial charge in [0.25, 0.3) is 0 Å². The van der Waals surface area contributed by atoms with Gasteiger partial charge in [-0.05, 0) is 44.7 Å². The highest BCUT2D eigenvalue weighted by atomic mass is 16.5. The van der Waals surface area contributed by atoms with Crippen molar-refractivity contribution in [3.8, 4) is 5.88 Å². The van der Waals surface area contributed by atoms with E-state index in [4.69, 9.17) is 4.74 Å². The molecule has 1 heterocycles. The average Bonchev–Trinajstić information content (AvgIpc) is 2.66. The van der Waals surface area contributed by atoms with E-state index in [-0.39, 0.29) is 0 Å². The molecule has 0 spiro atoms. The predicted octanol–water partition coefficient (Wildman–Crippen LogP) is 3.60. The largest absolute Gasteiger partial charge is 0.474 e. The van der Waals surface area contributed by atoms with E-state index in [1.807, 2.05) is 6.07 Å². The molecule has 3 nitrogen and oxygen atoms in total. The summed E-state index contributed by atoms with van der Waals surface area (Å²) in [7, 11) is 0. The number of nitrogens with one attached hydrogen (secondary N) is 1. The first-order chi connectivity index (χ1) is 9.29. The minimum absolute atomic E-state index is 0.369. The molecule has 1 aromatic heterocycles. The standard InChI is InChI=1S/C16H26N2O/c1-3-17-12-14-10-11-16(18-13(14)2)19-15-8-6-4-5-7-9-15/h10-11,15,17H,3-9,12H2,1-2H3. The molecule has 3 heteroatoms. The fourth-order valence-corrected chi connectivity index (χ4v) is 2.61. The fourth-order valence-electron chi connectivity index (χ4n) is 2.61. The summed E-state index contributed by atoms with van der Waals surface area (Å²) in [5.74, 6) is 0.796. The number of aryl methyl sites for hydroxylation is 1. The summed E-state index contributed by atoms with van der Waals surface area (Å²) in [5.41, 5.74) is 2.34. The van der Waals surface area contributed by atoms with Crippen molar-refractivity contribution in [2.24, 2.45) is 0 Å². The van der Waals surface area contributed by atoms with E-state index in [1.165, 1.54) is 44.1 Å². The Morgan fingerprint density at radius 3 is 2.58 bits per heavy atom. The quantitative estimate of drug-likeness (QED) is 0.823. The number of hydrogen-bond acceptors (Lipinski definition) is 3. The van der Waals surface area contributed by atoms with Crippen LogP contribution >= 0.6 is 0 Å². The third-order valence-corrected chi connectivity index (χ3v) is 3.82. The van der Waals surface area contributed by atoms with Gasteiger partial charge in [-0.3, -0.25) is 0 Å². The SMILES string of the molecule is CCNCc1ccc(OC2CCCCCC2)nc1C. The van der Waals surface area contributed by atoms with Crippen molar-refractivity contribution in [1.82, 2.24) is 10.3 Å². The van der Waals surface area contributed by atoms with E-state index in [0.29, 0.717) is 6.10 Å². The Balaban J connectivity index is 1.94. The van der Waals surface area contributed by atoms with Crippen LogP contribution in [-0.2, 0) is 6.54 Å². The normalized spacial score (nSPS) is 17.2. The molecular weight excluding hydrogens is 236 g/mol. The van der Waals surface area contributed by atoms with Crippen molar-refractivity contribution >= 4 is 0 Å². The Morgan fingerprint density at radius 1 is 1.21 bits per heavy atom.